The molecule has 3 atom stereocenters. The smallest absolute Gasteiger partial charge is 0.245 e. The van der Waals surface area contributed by atoms with Crippen LogP contribution in [0.25, 0.3) is 0 Å². The molecule has 1 aliphatic heterocycles. The highest BCUT2D eigenvalue weighted by Gasteiger charge is 2.31. The molecule has 0 spiro atoms. The maximum Gasteiger partial charge on any atom is 0.245 e. The Balaban J connectivity index is 2.12. The molecule has 1 aromatic rings. The summed E-state index contributed by atoms with van der Waals surface area (Å²) in [7, 11) is 1.90. The molecule has 1 aromatic heterocycles. The lowest BCUT2D eigenvalue weighted by Crippen LogP contribution is -2.15. The van der Waals surface area contributed by atoms with Crippen LogP contribution in [0.1, 0.15) is 50.6 Å². The van der Waals surface area contributed by atoms with E-state index in [2.05, 4.69) is 29.4 Å². The first kappa shape index (κ1) is 11.5. The highest BCUT2D eigenvalue weighted by molar-refractivity contribution is 4.94. The first-order chi connectivity index (χ1) is 7.76. The second kappa shape index (κ2) is 4.93. The molecule has 1 aliphatic rings. The van der Waals surface area contributed by atoms with Gasteiger partial charge in [-0.05, 0) is 25.8 Å². The monoisotopic (exact) mass is 225 g/mol. The van der Waals surface area contributed by atoms with Gasteiger partial charge in [0.05, 0.1) is 6.04 Å². The molecule has 0 bridgehead atoms. The lowest BCUT2D eigenvalue weighted by Gasteiger charge is -2.10. The van der Waals surface area contributed by atoms with Crippen LogP contribution in [-0.4, -0.2) is 23.9 Å². The molecule has 0 amide bonds. The number of rotatable bonds is 4. The fraction of sp³-hybridized carbons (Fsp3) is 0.818. The van der Waals surface area contributed by atoms with Gasteiger partial charge in [0.25, 0.3) is 0 Å². The van der Waals surface area contributed by atoms with E-state index in [4.69, 9.17) is 9.15 Å². The molecule has 90 valence electrons. The van der Waals surface area contributed by atoms with Gasteiger partial charge in [-0.3, -0.25) is 0 Å². The summed E-state index contributed by atoms with van der Waals surface area (Å²) in [6.07, 6.45) is 1.97. The Labute approximate surface area is 95.6 Å². The van der Waals surface area contributed by atoms with Crippen molar-refractivity contribution in [1.82, 2.24) is 15.5 Å². The van der Waals surface area contributed by atoms with Gasteiger partial charge in [0.15, 0.2) is 0 Å². The van der Waals surface area contributed by atoms with Gasteiger partial charge >= 0.3 is 0 Å². The third kappa shape index (κ3) is 2.10. The molecule has 0 radical (unpaired) electrons. The van der Waals surface area contributed by atoms with Crippen LogP contribution >= 0.6 is 0 Å². The average Bonchev–Trinajstić information content (AvgIpc) is 2.89. The normalized spacial score (nSPS) is 27.2. The molecule has 1 saturated heterocycles. The Morgan fingerprint density at radius 1 is 1.50 bits per heavy atom. The van der Waals surface area contributed by atoms with Crippen LogP contribution in [0.3, 0.4) is 0 Å². The molecule has 1 fully saturated rings. The number of nitrogens with zero attached hydrogens (tertiary/aromatic N) is 2. The van der Waals surface area contributed by atoms with E-state index in [1.165, 1.54) is 0 Å². The van der Waals surface area contributed by atoms with E-state index in [9.17, 15) is 0 Å². The van der Waals surface area contributed by atoms with E-state index in [0.29, 0.717) is 17.7 Å². The molecule has 2 rings (SSSR count). The molecule has 3 unspecified atom stereocenters. The lowest BCUT2D eigenvalue weighted by molar-refractivity contribution is 0.0698. The van der Waals surface area contributed by atoms with Gasteiger partial charge in [0, 0.05) is 6.61 Å². The van der Waals surface area contributed by atoms with E-state index < -0.39 is 0 Å². The Morgan fingerprint density at radius 2 is 2.31 bits per heavy atom. The van der Waals surface area contributed by atoms with Crippen LogP contribution in [0.4, 0.5) is 0 Å². The molecule has 0 aliphatic carbocycles. The Kier molecular flexibility index (Phi) is 3.56. The van der Waals surface area contributed by atoms with Crippen LogP contribution in [0.5, 0.6) is 0 Å². The zero-order valence-corrected chi connectivity index (χ0v) is 10.1. The van der Waals surface area contributed by atoms with Crippen LogP contribution in [0.2, 0.25) is 0 Å². The van der Waals surface area contributed by atoms with Gasteiger partial charge in [-0.15, -0.1) is 10.2 Å². The van der Waals surface area contributed by atoms with Crippen molar-refractivity contribution >= 4 is 0 Å². The molecule has 1 N–H and O–H groups in total. The van der Waals surface area contributed by atoms with Crippen molar-refractivity contribution < 1.29 is 9.15 Å². The summed E-state index contributed by atoms with van der Waals surface area (Å²) in [5, 5.41) is 11.3. The van der Waals surface area contributed by atoms with Crippen molar-refractivity contribution in [2.24, 2.45) is 5.92 Å². The Bertz CT molecular complexity index is 336. The minimum atomic E-state index is -0.0180. The molecule has 16 heavy (non-hydrogen) atoms. The number of nitrogens with one attached hydrogen (secondary N) is 1. The van der Waals surface area contributed by atoms with Crippen molar-refractivity contribution in [3.63, 3.8) is 0 Å². The summed E-state index contributed by atoms with van der Waals surface area (Å²) in [5.41, 5.74) is 0. The van der Waals surface area contributed by atoms with E-state index in [-0.39, 0.29) is 12.1 Å². The van der Waals surface area contributed by atoms with Gasteiger partial charge < -0.3 is 14.5 Å². The average molecular weight is 225 g/mol. The summed E-state index contributed by atoms with van der Waals surface area (Å²) in [5.74, 6) is 1.74. The van der Waals surface area contributed by atoms with Gasteiger partial charge in [0.1, 0.15) is 6.10 Å². The Hall–Kier alpha value is -0.940. The second-order valence-corrected chi connectivity index (χ2v) is 4.29. The first-order valence-corrected chi connectivity index (χ1v) is 5.88. The largest absolute Gasteiger partial charge is 0.421 e. The summed E-state index contributed by atoms with van der Waals surface area (Å²) in [6, 6.07) is 0.137. The van der Waals surface area contributed by atoms with Crippen molar-refractivity contribution in [1.29, 1.82) is 0 Å². The Morgan fingerprint density at radius 3 is 2.88 bits per heavy atom. The minimum Gasteiger partial charge on any atom is -0.421 e. The SMILES string of the molecule is CCC(NC)c1nnc(C2OCCC2C)o1. The van der Waals surface area contributed by atoms with Crippen molar-refractivity contribution in [2.45, 2.75) is 38.8 Å². The fourth-order valence-corrected chi connectivity index (χ4v) is 2.02. The van der Waals surface area contributed by atoms with Crippen molar-refractivity contribution in [3.8, 4) is 0 Å². The highest BCUT2D eigenvalue weighted by atomic mass is 16.5. The third-order valence-electron chi connectivity index (χ3n) is 3.14. The van der Waals surface area contributed by atoms with Gasteiger partial charge in [-0.2, -0.15) is 0 Å². The quantitative estimate of drug-likeness (QED) is 0.847. The van der Waals surface area contributed by atoms with Gasteiger partial charge in [0.2, 0.25) is 11.8 Å². The van der Waals surface area contributed by atoms with E-state index in [0.717, 1.165) is 19.4 Å². The molecule has 0 aromatic carbocycles. The zero-order valence-electron chi connectivity index (χ0n) is 10.1. The molecule has 5 nitrogen and oxygen atoms in total. The number of aromatic nitrogens is 2. The van der Waals surface area contributed by atoms with E-state index in [1.54, 1.807) is 0 Å². The maximum absolute atomic E-state index is 5.67. The number of hydrogen-bond donors (Lipinski definition) is 1. The highest BCUT2D eigenvalue weighted by Crippen LogP contribution is 2.33. The summed E-state index contributed by atoms with van der Waals surface area (Å²) < 4.78 is 11.3. The molecular formula is C11H19N3O2. The number of hydrogen-bond acceptors (Lipinski definition) is 5. The molecular weight excluding hydrogens is 206 g/mol. The fourth-order valence-electron chi connectivity index (χ4n) is 2.02. The second-order valence-electron chi connectivity index (χ2n) is 4.29. The molecule has 5 heteroatoms. The number of ether oxygens (including phenoxy) is 1. The predicted octanol–water partition coefficient (Wildman–Crippen LogP) is 1.84. The minimum absolute atomic E-state index is 0.0180. The van der Waals surface area contributed by atoms with Crippen LogP contribution < -0.4 is 5.32 Å². The molecule has 2 heterocycles. The molecule has 0 saturated carbocycles. The first-order valence-electron chi connectivity index (χ1n) is 5.88. The zero-order chi connectivity index (χ0) is 11.5. The summed E-state index contributed by atoms with van der Waals surface area (Å²) >= 11 is 0. The third-order valence-corrected chi connectivity index (χ3v) is 3.14. The lowest BCUT2D eigenvalue weighted by atomic mass is 10.0. The van der Waals surface area contributed by atoms with E-state index in [1.807, 2.05) is 7.05 Å². The predicted molar refractivity (Wildman–Crippen MR) is 58.9 cm³/mol. The summed E-state index contributed by atoms with van der Waals surface area (Å²) in [6.45, 7) is 5.02. The van der Waals surface area contributed by atoms with Crippen molar-refractivity contribution in [3.05, 3.63) is 11.8 Å². The van der Waals surface area contributed by atoms with Crippen LogP contribution in [-0.2, 0) is 4.74 Å². The standard InChI is InChI=1S/C11H19N3O2/c1-4-8(12-3)10-13-14-11(16-10)9-7(2)5-6-15-9/h7-9,12H,4-6H2,1-3H3. The van der Waals surface area contributed by atoms with Crippen LogP contribution in [0, 0.1) is 5.92 Å². The topological polar surface area (TPSA) is 60.2 Å². The van der Waals surface area contributed by atoms with Crippen LogP contribution in [0.15, 0.2) is 4.42 Å². The van der Waals surface area contributed by atoms with Gasteiger partial charge in [-0.1, -0.05) is 13.8 Å². The summed E-state index contributed by atoms with van der Waals surface area (Å²) in [4.78, 5) is 0. The van der Waals surface area contributed by atoms with E-state index >= 15 is 0 Å². The van der Waals surface area contributed by atoms with Gasteiger partial charge in [-0.25, -0.2) is 0 Å². The van der Waals surface area contributed by atoms with Crippen molar-refractivity contribution in [2.75, 3.05) is 13.7 Å². The maximum atomic E-state index is 5.67.